The quantitative estimate of drug-likeness (QED) is 0.465. The van der Waals surface area contributed by atoms with Gasteiger partial charge in [0.05, 0.1) is 24.1 Å². The Hall–Kier alpha value is -0.570. The molecular weight excluding hydrogens is 118 g/mol. The maximum atomic E-state index is 11.3. The van der Waals surface area contributed by atoms with Gasteiger partial charge >= 0.3 is 0 Å². The van der Waals surface area contributed by atoms with E-state index in [2.05, 4.69) is 4.74 Å². The predicted octanol–water partition coefficient (Wildman–Crippen LogP) is -0.135. The van der Waals surface area contributed by atoms with Crippen LogP contribution in [0, 0.1) is 0 Å². The number of nitrogens with zero attached hydrogens (tertiary/aromatic N) is 1. The van der Waals surface area contributed by atoms with E-state index in [1.807, 2.05) is 0 Å². The fourth-order valence-corrected chi connectivity index (χ4v) is 0.348. The topological polar surface area (TPSA) is 29.5 Å². The van der Waals surface area contributed by atoms with Crippen molar-refractivity contribution in [1.82, 2.24) is 4.90 Å². The molecule has 9 heavy (non-hydrogen) atoms. The molecule has 52 valence electrons. The summed E-state index contributed by atoms with van der Waals surface area (Å²) in [5.74, 6) is -1.13. The van der Waals surface area contributed by atoms with Crippen molar-refractivity contribution in [3.63, 3.8) is 0 Å². The summed E-state index contributed by atoms with van der Waals surface area (Å²) < 4.78 is 62.9. The van der Waals surface area contributed by atoms with E-state index in [9.17, 15) is 4.79 Å². The van der Waals surface area contributed by atoms with Gasteiger partial charge in [-0.1, -0.05) is 0 Å². The second kappa shape index (κ2) is 2.82. The molecule has 1 aliphatic rings. The van der Waals surface area contributed by atoms with Crippen molar-refractivity contribution in [3.05, 3.63) is 0 Å². The predicted molar refractivity (Wildman–Crippen MR) is 33.1 cm³/mol. The van der Waals surface area contributed by atoms with Gasteiger partial charge in [-0.15, -0.1) is 0 Å². The van der Waals surface area contributed by atoms with E-state index in [1.54, 1.807) is 0 Å². The summed E-state index contributed by atoms with van der Waals surface area (Å²) in [7, 11) is 0. The Kier molecular flexibility index (Phi) is 0.541. The van der Waals surface area contributed by atoms with Crippen molar-refractivity contribution in [2.75, 3.05) is 26.1 Å². The summed E-state index contributed by atoms with van der Waals surface area (Å²) in [6, 6.07) is 0. The minimum Gasteiger partial charge on any atom is -0.378 e. The molecule has 1 heterocycles. The van der Waals surface area contributed by atoms with Crippen molar-refractivity contribution in [2.24, 2.45) is 0 Å². The number of morpholine rings is 1. The zero-order valence-electron chi connectivity index (χ0n) is 12.8. The van der Waals surface area contributed by atoms with Crippen molar-refractivity contribution in [2.45, 2.75) is 6.92 Å². The molecular formula is C6H11NO2. The molecule has 0 aromatic heterocycles. The highest BCUT2D eigenvalue weighted by molar-refractivity contribution is 5.73. The van der Waals surface area contributed by atoms with Gasteiger partial charge in [0.15, 0.2) is 0 Å². The number of hydrogen-bond donors (Lipinski definition) is 0. The van der Waals surface area contributed by atoms with Gasteiger partial charge < -0.3 is 9.64 Å². The average Bonchev–Trinajstić information content (AvgIpc) is 1.96. The van der Waals surface area contributed by atoms with Gasteiger partial charge in [0.25, 0.3) is 0 Å². The van der Waals surface area contributed by atoms with Gasteiger partial charge in [-0.3, -0.25) is 4.79 Å². The summed E-state index contributed by atoms with van der Waals surface area (Å²) in [6.07, 6.45) is 0. The van der Waals surface area contributed by atoms with Crippen LogP contribution >= 0.6 is 0 Å². The highest BCUT2D eigenvalue weighted by Gasteiger charge is 2.11. The monoisotopic (exact) mass is 137 g/mol. The van der Waals surface area contributed by atoms with Crippen molar-refractivity contribution in [3.8, 4) is 0 Å². The highest BCUT2D eigenvalue weighted by atomic mass is 16.5. The van der Waals surface area contributed by atoms with E-state index in [4.69, 9.17) is 11.0 Å². The lowest BCUT2D eigenvalue weighted by atomic mass is 10.4. The molecule has 1 aliphatic heterocycles. The fraction of sp³-hybridized carbons (Fsp3) is 0.833. The summed E-state index contributed by atoms with van der Waals surface area (Å²) in [5, 5.41) is 0. The van der Waals surface area contributed by atoms with Crippen LogP contribution in [0.4, 0.5) is 0 Å². The maximum Gasteiger partial charge on any atom is 0.219 e. The molecule has 0 atom stereocenters. The van der Waals surface area contributed by atoms with Crippen molar-refractivity contribution < 1.29 is 20.5 Å². The van der Waals surface area contributed by atoms with Crippen LogP contribution in [0.1, 0.15) is 17.9 Å². The standard InChI is InChI=1S/C6H11NO2/c1-6(8)7-2-4-9-5-3-7/h2-5H2,1H3/i2D2,3D2,4D2,5D2. The first-order valence-electron chi connectivity index (χ1n) is 6.28. The smallest absolute Gasteiger partial charge is 0.219 e. The molecule has 0 saturated carbocycles. The van der Waals surface area contributed by atoms with Gasteiger partial charge in [-0.05, 0) is 0 Å². The molecule has 0 radical (unpaired) electrons. The summed E-state index contributed by atoms with van der Waals surface area (Å²) in [4.78, 5) is 11.2. The molecule has 1 fully saturated rings. The summed E-state index contributed by atoms with van der Waals surface area (Å²) >= 11 is 0. The zero-order valence-corrected chi connectivity index (χ0v) is 4.76. The molecule has 0 aromatic rings. The number of carbonyl (C=O) groups is 1. The number of hydrogen-bond acceptors (Lipinski definition) is 2. The zero-order chi connectivity index (χ0) is 13.9. The number of ether oxygens (including phenoxy) is 1. The molecule has 0 aromatic carbocycles. The van der Waals surface area contributed by atoms with E-state index in [1.165, 1.54) is 0 Å². The largest absolute Gasteiger partial charge is 0.378 e. The minimum atomic E-state index is -3.16. The Labute approximate surface area is 65.8 Å². The Bertz CT molecular complexity index is 328. The Balaban J connectivity index is 3.43. The van der Waals surface area contributed by atoms with Crippen LogP contribution in [0.3, 0.4) is 0 Å². The van der Waals surface area contributed by atoms with Crippen LogP contribution in [-0.2, 0) is 9.53 Å². The second-order valence-electron chi connectivity index (χ2n) is 1.38. The lowest BCUT2D eigenvalue weighted by molar-refractivity contribution is -0.132. The van der Waals surface area contributed by atoms with Crippen LogP contribution in [-0.4, -0.2) is 36.9 Å². The Morgan fingerprint density at radius 3 is 2.67 bits per heavy atom. The molecule has 0 N–H and O–H groups in total. The Morgan fingerprint density at radius 1 is 1.67 bits per heavy atom. The van der Waals surface area contributed by atoms with E-state index >= 15 is 0 Å². The van der Waals surface area contributed by atoms with Crippen molar-refractivity contribution >= 4 is 5.91 Å². The van der Waals surface area contributed by atoms with E-state index in [-0.39, 0.29) is 4.90 Å². The van der Waals surface area contributed by atoms with Gasteiger partial charge in [0, 0.05) is 19.9 Å². The number of carbonyl (C=O) groups excluding carboxylic acids is 1. The molecule has 1 amide bonds. The average molecular weight is 137 g/mol. The first-order chi connectivity index (χ1) is 7.27. The lowest BCUT2D eigenvalue weighted by Gasteiger charge is -2.25. The SMILES string of the molecule is [2H]C1([2H])OC([2H])([2H])C([2H])([2H])N(C(C)=O)C1([2H])[2H]. The molecule has 1 saturated heterocycles. The van der Waals surface area contributed by atoms with Crippen LogP contribution < -0.4 is 0 Å². The third-order valence-corrected chi connectivity index (χ3v) is 0.732. The van der Waals surface area contributed by atoms with Gasteiger partial charge in [-0.2, -0.15) is 0 Å². The van der Waals surface area contributed by atoms with Gasteiger partial charge in [-0.25, -0.2) is 0 Å². The normalized spacial score (nSPS) is 55.4. The molecule has 3 nitrogen and oxygen atoms in total. The highest BCUT2D eigenvalue weighted by Crippen LogP contribution is 1.95. The molecule has 0 aliphatic carbocycles. The van der Waals surface area contributed by atoms with E-state index < -0.39 is 32.0 Å². The van der Waals surface area contributed by atoms with Crippen molar-refractivity contribution in [1.29, 1.82) is 0 Å². The van der Waals surface area contributed by atoms with Crippen LogP contribution in [0.5, 0.6) is 0 Å². The third kappa shape index (κ3) is 1.68. The minimum absolute atomic E-state index is 0.108. The molecule has 1 rings (SSSR count). The molecule has 3 heteroatoms. The third-order valence-electron chi connectivity index (χ3n) is 0.732. The summed E-state index contributed by atoms with van der Waals surface area (Å²) in [5.41, 5.74) is 0. The van der Waals surface area contributed by atoms with Gasteiger partial charge in [0.2, 0.25) is 5.91 Å². The molecule has 0 spiro atoms. The Morgan fingerprint density at radius 2 is 2.22 bits per heavy atom. The summed E-state index contributed by atoms with van der Waals surface area (Å²) in [6.45, 7) is -11.7. The first-order valence-corrected chi connectivity index (χ1v) is 2.28. The second-order valence-corrected chi connectivity index (χ2v) is 1.38. The van der Waals surface area contributed by atoms with Crippen LogP contribution in [0.25, 0.3) is 0 Å². The maximum absolute atomic E-state index is 11.3. The van der Waals surface area contributed by atoms with E-state index in [0.717, 1.165) is 6.92 Å². The lowest BCUT2D eigenvalue weighted by Crippen LogP contribution is -2.39. The number of rotatable bonds is 0. The van der Waals surface area contributed by atoms with E-state index in [0.29, 0.717) is 0 Å². The molecule has 0 bridgehead atoms. The fourth-order valence-electron chi connectivity index (χ4n) is 0.348. The number of amides is 1. The van der Waals surface area contributed by atoms with Crippen LogP contribution in [0.2, 0.25) is 0 Å². The first kappa shape index (κ1) is 1.72. The molecule has 0 unspecified atom stereocenters. The van der Waals surface area contributed by atoms with Gasteiger partial charge in [0.1, 0.15) is 0 Å². The van der Waals surface area contributed by atoms with Crippen LogP contribution in [0.15, 0.2) is 0 Å².